The lowest BCUT2D eigenvalue weighted by atomic mass is 9.96. The molecule has 0 spiro atoms. The van der Waals surface area contributed by atoms with E-state index in [0.717, 1.165) is 72.8 Å². The number of likely N-dealkylation sites (N-methyl/N-ethyl adjacent to an activating group) is 2. The number of nitrogens with zero attached hydrogens (tertiary/aromatic N) is 4. The van der Waals surface area contributed by atoms with Gasteiger partial charge >= 0.3 is 0 Å². The van der Waals surface area contributed by atoms with E-state index in [-0.39, 0.29) is 30.0 Å². The summed E-state index contributed by atoms with van der Waals surface area (Å²) in [4.78, 5) is 50.4. The maximum absolute atomic E-state index is 13.8. The Morgan fingerprint density at radius 1 is 1.11 bits per heavy atom. The van der Waals surface area contributed by atoms with Crippen LogP contribution in [0, 0.1) is 20.8 Å². The summed E-state index contributed by atoms with van der Waals surface area (Å²) in [7, 11) is 2.15. The predicted molar refractivity (Wildman–Crippen MR) is 179 cm³/mol. The zero-order chi connectivity index (χ0) is 32.0. The number of allylic oxidation sites excluding steroid dienone is 3. The van der Waals surface area contributed by atoms with Gasteiger partial charge in [0.25, 0.3) is 11.5 Å². The summed E-state index contributed by atoms with van der Waals surface area (Å²) in [6.07, 6.45) is 8.54. The van der Waals surface area contributed by atoms with Gasteiger partial charge in [-0.25, -0.2) is 0 Å². The number of carbonyl (C=O) groups excluding carboxylic acids is 2. The van der Waals surface area contributed by atoms with Crippen LogP contribution in [0.15, 0.2) is 54.0 Å². The lowest BCUT2D eigenvalue weighted by molar-refractivity contribution is -0.125. The Labute approximate surface area is 261 Å². The fourth-order valence-electron chi connectivity index (χ4n) is 6.15. The van der Waals surface area contributed by atoms with E-state index in [1.165, 1.54) is 6.08 Å². The standard InChI is InChI=1S/C35H48N6O3/c1-8-33(42)40-14-12-29(23-40)41(9-2)32-21-28(24(3)11-10-13-39-17-15-38(7)16-18-39)20-30(27(32)6)34(43)36-22-31-25(4)19-26(5)37-35(31)44/h8,10-11,13,19-21,29H,1,9,12,14-18,22-23H2,2-7H3,(H,36,43)(H,37,44)/b13-10+,24-11+. The highest BCUT2D eigenvalue weighted by Crippen LogP contribution is 2.32. The van der Waals surface area contributed by atoms with Gasteiger partial charge in [-0.1, -0.05) is 12.7 Å². The monoisotopic (exact) mass is 600 g/mol. The molecule has 9 heteroatoms. The quantitative estimate of drug-likeness (QED) is 0.317. The molecule has 0 radical (unpaired) electrons. The molecule has 1 aromatic carbocycles. The summed E-state index contributed by atoms with van der Waals surface area (Å²) in [6, 6.07) is 6.16. The first-order valence-electron chi connectivity index (χ1n) is 15.6. The average Bonchev–Trinajstić information content (AvgIpc) is 3.48. The molecule has 0 bridgehead atoms. The molecule has 2 amide bonds. The first-order valence-corrected chi connectivity index (χ1v) is 15.6. The summed E-state index contributed by atoms with van der Waals surface area (Å²) in [5, 5.41) is 3.01. The van der Waals surface area contributed by atoms with Gasteiger partial charge in [0.05, 0.1) is 0 Å². The van der Waals surface area contributed by atoms with Crippen LogP contribution >= 0.6 is 0 Å². The molecule has 2 saturated heterocycles. The maximum Gasteiger partial charge on any atom is 0.253 e. The summed E-state index contributed by atoms with van der Waals surface area (Å²) in [5.41, 5.74) is 6.43. The molecule has 4 rings (SSSR count). The number of rotatable bonds is 10. The minimum atomic E-state index is -0.225. The fourth-order valence-corrected chi connectivity index (χ4v) is 6.15. The second-order valence-corrected chi connectivity index (χ2v) is 12.0. The number of benzene rings is 1. The summed E-state index contributed by atoms with van der Waals surface area (Å²) in [5.74, 6) is -0.280. The van der Waals surface area contributed by atoms with E-state index in [1.807, 2.05) is 37.8 Å². The van der Waals surface area contributed by atoms with E-state index in [2.05, 4.69) is 76.9 Å². The topological polar surface area (TPSA) is 92.0 Å². The van der Waals surface area contributed by atoms with Crippen molar-refractivity contribution in [2.75, 3.05) is 57.8 Å². The van der Waals surface area contributed by atoms with Crippen LogP contribution in [0.2, 0.25) is 0 Å². The van der Waals surface area contributed by atoms with E-state index >= 15 is 0 Å². The van der Waals surface area contributed by atoms with Crippen molar-refractivity contribution in [3.63, 3.8) is 0 Å². The van der Waals surface area contributed by atoms with Crippen LogP contribution in [0.25, 0.3) is 5.57 Å². The van der Waals surface area contributed by atoms with Crippen molar-refractivity contribution in [3.8, 4) is 0 Å². The van der Waals surface area contributed by atoms with Gasteiger partial charge in [-0.15, -0.1) is 0 Å². The third-order valence-electron chi connectivity index (χ3n) is 8.92. The minimum Gasteiger partial charge on any atom is -0.375 e. The third-order valence-corrected chi connectivity index (χ3v) is 8.92. The smallest absolute Gasteiger partial charge is 0.253 e. The molecule has 9 nitrogen and oxygen atoms in total. The van der Waals surface area contributed by atoms with E-state index in [9.17, 15) is 14.4 Å². The van der Waals surface area contributed by atoms with Gasteiger partial charge in [0.1, 0.15) is 0 Å². The molecule has 1 atom stereocenters. The van der Waals surface area contributed by atoms with Crippen LogP contribution in [0.5, 0.6) is 0 Å². The van der Waals surface area contributed by atoms with E-state index in [4.69, 9.17) is 0 Å². The number of hydrogen-bond donors (Lipinski definition) is 2. The molecule has 3 heterocycles. The number of likely N-dealkylation sites (tertiary alicyclic amines) is 1. The van der Waals surface area contributed by atoms with E-state index in [1.54, 1.807) is 0 Å². The fraction of sp³-hybridized carbons (Fsp3) is 0.457. The zero-order valence-electron chi connectivity index (χ0n) is 27.2. The highest BCUT2D eigenvalue weighted by atomic mass is 16.2. The lowest BCUT2D eigenvalue weighted by Gasteiger charge is -2.32. The van der Waals surface area contributed by atoms with Gasteiger partial charge in [0.2, 0.25) is 5.91 Å². The van der Waals surface area contributed by atoms with Gasteiger partial charge in [-0.3, -0.25) is 14.4 Å². The van der Waals surface area contributed by atoms with Crippen LogP contribution in [0.3, 0.4) is 0 Å². The lowest BCUT2D eigenvalue weighted by Crippen LogP contribution is -2.41. The Hall–Kier alpha value is -4.11. The molecule has 44 heavy (non-hydrogen) atoms. The van der Waals surface area contributed by atoms with Crippen molar-refractivity contribution in [1.29, 1.82) is 0 Å². The zero-order valence-corrected chi connectivity index (χ0v) is 27.2. The first-order chi connectivity index (χ1) is 21.0. The number of aromatic amines is 1. The molecule has 2 aliphatic heterocycles. The predicted octanol–water partition coefficient (Wildman–Crippen LogP) is 4.01. The summed E-state index contributed by atoms with van der Waals surface area (Å²) < 4.78 is 0. The number of anilines is 1. The molecule has 236 valence electrons. The Balaban J connectivity index is 1.67. The number of aromatic nitrogens is 1. The number of pyridine rings is 1. The van der Waals surface area contributed by atoms with Crippen molar-refractivity contribution in [2.24, 2.45) is 0 Å². The second kappa shape index (κ2) is 14.6. The number of amides is 2. The van der Waals surface area contributed by atoms with Crippen LogP contribution in [0.1, 0.15) is 58.6 Å². The second-order valence-electron chi connectivity index (χ2n) is 12.0. The van der Waals surface area contributed by atoms with Crippen molar-refractivity contribution in [1.82, 2.24) is 25.0 Å². The van der Waals surface area contributed by atoms with Crippen LogP contribution in [0.4, 0.5) is 5.69 Å². The minimum absolute atomic E-state index is 0.0543. The number of hydrogen-bond acceptors (Lipinski definition) is 6. The van der Waals surface area contributed by atoms with Gasteiger partial charge in [-0.2, -0.15) is 0 Å². The van der Waals surface area contributed by atoms with Gasteiger partial charge in [0, 0.05) is 80.9 Å². The van der Waals surface area contributed by atoms with Crippen LogP contribution in [-0.4, -0.2) is 90.4 Å². The molecule has 2 N–H and O–H groups in total. The molecule has 0 saturated carbocycles. The molecule has 2 aliphatic rings. The van der Waals surface area contributed by atoms with Crippen molar-refractivity contribution in [3.05, 3.63) is 93.1 Å². The van der Waals surface area contributed by atoms with E-state index < -0.39 is 0 Å². The molecule has 1 unspecified atom stereocenters. The van der Waals surface area contributed by atoms with Crippen molar-refractivity contribution in [2.45, 2.75) is 53.6 Å². The van der Waals surface area contributed by atoms with Crippen molar-refractivity contribution >= 4 is 23.1 Å². The average molecular weight is 601 g/mol. The molecule has 2 fully saturated rings. The Morgan fingerprint density at radius 3 is 2.50 bits per heavy atom. The number of aryl methyl sites for hydroxylation is 2. The number of carbonyl (C=O) groups is 2. The number of piperazine rings is 1. The Bertz CT molecular complexity index is 1500. The summed E-state index contributed by atoms with van der Waals surface area (Å²) >= 11 is 0. The molecular weight excluding hydrogens is 552 g/mol. The van der Waals surface area contributed by atoms with Crippen LogP contribution in [-0.2, 0) is 11.3 Å². The van der Waals surface area contributed by atoms with Crippen molar-refractivity contribution < 1.29 is 9.59 Å². The Kier molecular flexibility index (Phi) is 10.9. The SMILES string of the molecule is C=CC(=O)N1CCC(N(CC)c2cc(/C(C)=C/C=C/N3CCN(C)CC3)cc(C(=O)NCc3c(C)cc(C)[nH]c3=O)c2C)C1. The van der Waals surface area contributed by atoms with Gasteiger partial charge in [-0.05, 0) is 107 Å². The highest BCUT2D eigenvalue weighted by molar-refractivity contribution is 5.98. The van der Waals surface area contributed by atoms with Gasteiger partial charge < -0.3 is 29.9 Å². The highest BCUT2D eigenvalue weighted by Gasteiger charge is 2.30. The largest absolute Gasteiger partial charge is 0.375 e. The number of nitrogens with one attached hydrogen (secondary N) is 2. The first kappa shape index (κ1) is 32.8. The molecular formula is C35H48N6O3. The molecule has 2 aromatic rings. The normalized spacial score (nSPS) is 17.8. The third kappa shape index (κ3) is 7.69. The van der Waals surface area contributed by atoms with Gasteiger partial charge in [0.15, 0.2) is 0 Å². The maximum atomic E-state index is 13.8. The molecule has 1 aromatic heterocycles. The summed E-state index contributed by atoms with van der Waals surface area (Å²) in [6.45, 7) is 19.8. The van der Waals surface area contributed by atoms with E-state index in [0.29, 0.717) is 24.2 Å². The van der Waals surface area contributed by atoms with Crippen LogP contribution < -0.4 is 15.8 Å². The molecule has 0 aliphatic carbocycles. The number of H-pyrrole nitrogens is 1. The Morgan fingerprint density at radius 2 is 1.84 bits per heavy atom.